The normalized spacial score (nSPS) is 14.8. The highest BCUT2D eigenvalue weighted by atomic mass is 32.2. The zero-order valence-corrected chi connectivity index (χ0v) is 19.0. The summed E-state index contributed by atoms with van der Waals surface area (Å²) in [6.07, 6.45) is 2.51. The van der Waals surface area contributed by atoms with Gasteiger partial charge in [-0.25, -0.2) is 0 Å². The number of hydrogen-bond donors (Lipinski definition) is 0. The molecule has 0 radical (unpaired) electrons. The van der Waals surface area contributed by atoms with Gasteiger partial charge >= 0.3 is 5.97 Å². The summed E-state index contributed by atoms with van der Waals surface area (Å²) in [5.74, 6) is 0.401. The summed E-state index contributed by atoms with van der Waals surface area (Å²) in [6, 6.07) is 15.6. The fourth-order valence-electron chi connectivity index (χ4n) is 2.94. The standard InChI is InChI=1S/C23H23NO5S2/c1-3-28-21(25)15-24-22(26)20(31-23(24)30)14-17-9-10-18(19(13-17)27-2)29-12-11-16-7-5-4-6-8-16/h4-10,13-14H,3,11-12,15H2,1-2H3/b20-14-. The summed E-state index contributed by atoms with van der Waals surface area (Å²) in [5, 5.41) is 0. The molecule has 1 fully saturated rings. The highest BCUT2D eigenvalue weighted by Crippen LogP contribution is 2.34. The number of thioether (sulfide) groups is 1. The van der Waals surface area contributed by atoms with Crippen LogP contribution in [0.25, 0.3) is 6.08 Å². The maximum Gasteiger partial charge on any atom is 0.326 e. The third kappa shape index (κ3) is 6.08. The Morgan fingerprint density at radius 1 is 1.16 bits per heavy atom. The van der Waals surface area contributed by atoms with Crippen molar-refractivity contribution in [3.63, 3.8) is 0 Å². The SMILES string of the molecule is CCOC(=O)CN1C(=O)/C(=C/c2ccc(OCCc3ccccc3)c(OC)c2)SC1=S. The van der Waals surface area contributed by atoms with Crippen molar-refractivity contribution >= 4 is 46.3 Å². The Balaban J connectivity index is 1.67. The molecule has 0 saturated carbocycles. The first-order valence-electron chi connectivity index (χ1n) is 9.77. The van der Waals surface area contributed by atoms with Crippen LogP contribution in [0.2, 0.25) is 0 Å². The van der Waals surface area contributed by atoms with Crippen molar-refractivity contribution in [2.45, 2.75) is 13.3 Å². The van der Waals surface area contributed by atoms with Crippen LogP contribution in [-0.4, -0.2) is 48.0 Å². The lowest BCUT2D eigenvalue weighted by atomic mass is 10.1. The molecule has 0 aliphatic carbocycles. The minimum absolute atomic E-state index is 0.187. The predicted molar refractivity (Wildman–Crippen MR) is 125 cm³/mol. The van der Waals surface area contributed by atoms with E-state index in [1.165, 1.54) is 10.5 Å². The van der Waals surface area contributed by atoms with E-state index in [1.54, 1.807) is 26.2 Å². The summed E-state index contributed by atoms with van der Waals surface area (Å²) in [4.78, 5) is 26.1. The van der Waals surface area contributed by atoms with Gasteiger partial charge in [0.15, 0.2) is 11.5 Å². The molecule has 0 aromatic heterocycles. The van der Waals surface area contributed by atoms with Crippen LogP contribution < -0.4 is 9.47 Å². The maximum absolute atomic E-state index is 12.6. The van der Waals surface area contributed by atoms with Gasteiger partial charge in [-0.3, -0.25) is 14.5 Å². The van der Waals surface area contributed by atoms with Gasteiger partial charge in [0.05, 0.1) is 25.2 Å². The van der Waals surface area contributed by atoms with Crippen LogP contribution in [0.3, 0.4) is 0 Å². The van der Waals surface area contributed by atoms with Gasteiger partial charge in [-0.2, -0.15) is 0 Å². The number of benzene rings is 2. The predicted octanol–water partition coefficient (Wildman–Crippen LogP) is 4.08. The van der Waals surface area contributed by atoms with Crippen LogP contribution in [-0.2, 0) is 20.7 Å². The molecule has 1 saturated heterocycles. The van der Waals surface area contributed by atoms with Crippen molar-refractivity contribution in [1.82, 2.24) is 4.90 Å². The monoisotopic (exact) mass is 457 g/mol. The molecule has 0 atom stereocenters. The fraction of sp³-hybridized carbons (Fsp3) is 0.261. The smallest absolute Gasteiger partial charge is 0.326 e. The second-order valence-electron chi connectivity index (χ2n) is 6.57. The van der Waals surface area contributed by atoms with Crippen LogP contribution in [0.5, 0.6) is 11.5 Å². The summed E-state index contributed by atoms with van der Waals surface area (Å²) < 4.78 is 16.6. The number of carbonyl (C=O) groups is 2. The van der Waals surface area contributed by atoms with Crippen LogP contribution in [0.1, 0.15) is 18.1 Å². The topological polar surface area (TPSA) is 65.1 Å². The zero-order chi connectivity index (χ0) is 22.2. The van der Waals surface area contributed by atoms with Crippen molar-refractivity contribution in [3.05, 3.63) is 64.6 Å². The van der Waals surface area contributed by atoms with Gasteiger partial charge in [0.2, 0.25) is 0 Å². The minimum Gasteiger partial charge on any atom is -0.493 e. The second-order valence-corrected chi connectivity index (χ2v) is 8.24. The number of carbonyl (C=O) groups excluding carboxylic acids is 2. The summed E-state index contributed by atoms with van der Waals surface area (Å²) >= 11 is 6.40. The van der Waals surface area contributed by atoms with E-state index in [2.05, 4.69) is 12.1 Å². The van der Waals surface area contributed by atoms with Gasteiger partial charge in [-0.1, -0.05) is 60.4 Å². The Morgan fingerprint density at radius 3 is 2.65 bits per heavy atom. The lowest BCUT2D eigenvalue weighted by Gasteiger charge is -2.13. The molecule has 0 N–H and O–H groups in total. The first kappa shape index (κ1) is 22.8. The Hall–Kier alpha value is -2.84. The van der Waals surface area contributed by atoms with Crippen molar-refractivity contribution in [2.75, 3.05) is 26.9 Å². The van der Waals surface area contributed by atoms with Gasteiger partial charge in [0.25, 0.3) is 5.91 Å². The Bertz CT molecular complexity index is 991. The maximum atomic E-state index is 12.6. The number of amides is 1. The van der Waals surface area contributed by atoms with E-state index in [1.807, 2.05) is 30.3 Å². The molecule has 1 aliphatic rings. The molecule has 8 heteroatoms. The summed E-state index contributed by atoms with van der Waals surface area (Å²) in [6.45, 7) is 2.30. The number of methoxy groups -OCH3 is 1. The van der Waals surface area contributed by atoms with E-state index in [-0.39, 0.29) is 19.1 Å². The van der Waals surface area contributed by atoms with Crippen LogP contribution in [0.15, 0.2) is 53.4 Å². The molecular weight excluding hydrogens is 434 g/mol. The van der Waals surface area contributed by atoms with Crippen LogP contribution >= 0.6 is 24.0 Å². The number of esters is 1. The van der Waals surface area contributed by atoms with Gasteiger partial charge in [0.1, 0.15) is 10.9 Å². The molecule has 162 valence electrons. The summed E-state index contributed by atoms with van der Waals surface area (Å²) in [7, 11) is 1.57. The molecule has 0 bridgehead atoms. The average Bonchev–Trinajstić information content (AvgIpc) is 3.02. The molecule has 1 aliphatic heterocycles. The number of thiocarbonyl (C=S) groups is 1. The number of rotatable bonds is 9. The second kappa shape index (κ2) is 11.0. The molecule has 3 rings (SSSR count). The molecule has 6 nitrogen and oxygen atoms in total. The highest BCUT2D eigenvalue weighted by molar-refractivity contribution is 8.26. The first-order valence-corrected chi connectivity index (χ1v) is 11.0. The zero-order valence-electron chi connectivity index (χ0n) is 17.3. The lowest BCUT2D eigenvalue weighted by molar-refractivity contribution is -0.145. The molecule has 0 spiro atoms. The molecule has 1 amide bonds. The van der Waals surface area contributed by atoms with E-state index >= 15 is 0 Å². The quantitative estimate of drug-likeness (QED) is 0.319. The Labute approximate surface area is 191 Å². The molecule has 2 aromatic carbocycles. The summed E-state index contributed by atoms with van der Waals surface area (Å²) in [5.41, 5.74) is 1.96. The fourth-order valence-corrected chi connectivity index (χ4v) is 4.20. The largest absolute Gasteiger partial charge is 0.493 e. The van der Waals surface area contributed by atoms with E-state index in [0.717, 1.165) is 23.7 Å². The number of hydrogen-bond acceptors (Lipinski definition) is 7. The van der Waals surface area contributed by atoms with Crippen LogP contribution in [0, 0.1) is 0 Å². The molecular formula is C23H23NO5S2. The van der Waals surface area contributed by atoms with Crippen molar-refractivity contribution in [3.8, 4) is 11.5 Å². The minimum atomic E-state index is -0.487. The number of ether oxygens (including phenoxy) is 3. The van der Waals surface area contributed by atoms with Crippen molar-refractivity contribution in [2.24, 2.45) is 0 Å². The molecule has 2 aromatic rings. The van der Waals surface area contributed by atoms with Crippen LogP contribution in [0.4, 0.5) is 0 Å². The third-order valence-corrected chi connectivity index (χ3v) is 5.82. The molecule has 31 heavy (non-hydrogen) atoms. The third-order valence-electron chi connectivity index (χ3n) is 4.44. The molecule has 0 unspecified atom stereocenters. The van der Waals surface area contributed by atoms with Gasteiger partial charge in [-0.15, -0.1) is 0 Å². The van der Waals surface area contributed by atoms with E-state index in [9.17, 15) is 9.59 Å². The van der Waals surface area contributed by atoms with E-state index < -0.39 is 5.97 Å². The average molecular weight is 458 g/mol. The highest BCUT2D eigenvalue weighted by Gasteiger charge is 2.33. The van der Waals surface area contributed by atoms with Crippen molar-refractivity contribution < 1.29 is 23.8 Å². The lowest BCUT2D eigenvalue weighted by Crippen LogP contribution is -2.34. The van der Waals surface area contributed by atoms with E-state index in [0.29, 0.717) is 27.3 Å². The number of nitrogens with zero attached hydrogens (tertiary/aromatic N) is 1. The Morgan fingerprint density at radius 2 is 1.94 bits per heavy atom. The molecule has 1 heterocycles. The first-order chi connectivity index (χ1) is 15.0. The van der Waals surface area contributed by atoms with E-state index in [4.69, 9.17) is 26.4 Å². The van der Waals surface area contributed by atoms with Gasteiger partial charge in [0, 0.05) is 6.42 Å². The van der Waals surface area contributed by atoms with Gasteiger partial charge < -0.3 is 14.2 Å². The Kier molecular flexibility index (Phi) is 8.08. The van der Waals surface area contributed by atoms with Crippen molar-refractivity contribution in [1.29, 1.82) is 0 Å². The van der Waals surface area contributed by atoms with Gasteiger partial charge in [-0.05, 0) is 36.3 Å².